The van der Waals surface area contributed by atoms with Crippen molar-refractivity contribution in [3.05, 3.63) is 34.9 Å². The molecule has 0 radical (unpaired) electrons. The first kappa shape index (κ1) is 21.5. The molecule has 1 aliphatic carbocycles. The number of esters is 1. The number of carbonyl (C=O) groups is 1. The van der Waals surface area contributed by atoms with E-state index < -0.39 is 45.4 Å². The summed E-state index contributed by atoms with van der Waals surface area (Å²) in [5.74, 6) is -5.04. The third-order valence-corrected chi connectivity index (χ3v) is 4.91. The van der Waals surface area contributed by atoms with Crippen LogP contribution in [0, 0.1) is 0 Å². The third kappa shape index (κ3) is 4.54. The molecule has 0 N–H and O–H groups in total. The Morgan fingerprint density at radius 1 is 1.00 bits per heavy atom. The van der Waals surface area contributed by atoms with E-state index in [9.17, 15) is 44.1 Å². The smallest absolute Gasteiger partial charge is 0.438 e. The van der Waals surface area contributed by atoms with E-state index in [-0.39, 0.29) is 0 Å². The Hall–Kier alpha value is -1.82. The van der Waals surface area contributed by atoms with E-state index in [0.29, 0.717) is 18.4 Å². The molecule has 2 rings (SSSR count). The zero-order valence-electron chi connectivity index (χ0n) is 13.5. The number of fused-ring (bicyclic) bond motifs is 1. The van der Waals surface area contributed by atoms with E-state index in [2.05, 4.69) is 4.74 Å². The Bertz CT molecular complexity index is 814. The van der Waals surface area contributed by atoms with Crippen molar-refractivity contribution in [2.24, 2.45) is 0 Å². The lowest BCUT2D eigenvalue weighted by Crippen LogP contribution is -2.63. The lowest BCUT2D eigenvalue weighted by Gasteiger charge is -2.36. The standard InChI is InChI=1S/C15H14F6O5S/c16-14(17,18)13(15(19,20)21,8-27(23,24)25)26-12(22)11-6-5-9-3-1-2-4-10(9)7-11/h5-7H,1-4,8H2,(H,23,24,25)/p-1. The first-order chi connectivity index (χ1) is 12.2. The number of ether oxygens (including phenoxy) is 1. The summed E-state index contributed by atoms with van der Waals surface area (Å²) < 4.78 is 115. The Morgan fingerprint density at radius 3 is 2.00 bits per heavy atom. The Balaban J connectivity index is 2.47. The van der Waals surface area contributed by atoms with Gasteiger partial charge in [0.05, 0.1) is 21.4 Å². The second kappa shape index (κ2) is 6.97. The number of halogens is 6. The van der Waals surface area contributed by atoms with E-state index in [0.717, 1.165) is 30.5 Å². The van der Waals surface area contributed by atoms with Gasteiger partial charge in [-0.2, -0.15) is 26.3 Å². The van der Waals surface area contributed by atoms with Gasteiger partial charge in [0.1, 0.15) is 0 Å². The van der Waals surface area contributed by atoms with Crippen LogP contribution in [0.1, 0.15) is 34.3 Å². The highest BCUT2D eigenvalue weighted by molar-refractivity contribution is 7.85. The van der Waals surface area contributed by atoms with Crippen LogP contribution in [0.5, 0.6) is 0 Å². The third-order valence-electron chi connectivity index (χ3n) is 4.15. The number of alkyl halides is 6. The SMILES string of the molecule is O=C(OC(CS(=O)(=O)[O-])(C(F)(F)F)C(F)(F)F)c1ccc2c(c1)CCCC2. The van der Waals surface area contributed by atoms with Crippen molar-refractivity contribution in [3.63, 3.8) is 0 Å². The molecule has 0 amide bonds. The number of hydrogen-bond donors (Lipinski definition) is 0. The lowest BCUT2D eigenvalue weighted by atomic mass is 9.90. The van der Waals surface area contributed by atoms with Crippen molar-refractivity contribution >= 4 is 16.1 Å². The topological polar surface area (TPSA) is 83.5 Å². The molecular weight excluding hydrogens is 406 g/mol. The van der Waals surface area contributed by atoms with Gasteiger partial charge in [-0.05, 0) is 48.9 Å². The fraction of sp³-hybridized carbons (Fsp3) is 0.533. The number of benzene rings is 1. The maximum Gasteiger partial charge on any atom is 0.438 e. The average Bonchev–Trinajstić information content (AvgIpc) is 2.50. The van der Waals surface area contributed by atoms with Crippen LogP contribution in [0.4, 0.5) is 26.3 Å². The van der Waals surface area contributed by atoms with E-state index in [1.165, 1.54) is 6.07 Å². The predicted octanol–water partition coefficient (Wildman–Crippen LogP) is 3.13. The first-order valence-electron chi connectivity index (χ1n) is 7.58. The minimum absolute atomic E-state index is 0.481. The Labute approximate surface area is 150 Å². The largest absolute Gasteiger partial charge is 0.748 e. The normalized spacial score (nSPS) is 16.0. The molecule has 0 fully saturated rings. The van der Waals surface area contributed by atoms with Gasteiger partial charge in [-0.15, -0.1) is 0 Å². The van der Waals surface area contributed by atoms with E-state index >= 15 is 0 Å². The van der Waals surface area contributed by atoms with Crippen LogP contribution in [0.3, 0.4) is 0 Å². The van der Waals surface area contributed by atoms with Crippen molar-refractivity contribution in [2.45, 2.75) is 43.6 Å². The Morgan fingerprint density at radius 2 is 1.52 bits per heavy atom. The van der Waals surface area contributed by atoms with Gasteiger partial charge in [0.25, 0.3) is 0 Å². The van der Waals surface area contributed by atoms with Crippen LogP contribution in [-0.2, 0) is 27.7 Å². The van der Waals surface area contributed by atoms with E-state index in [1.807, 2.05) is 0 Å². The van der Waals surface area contributed by atoms with Gasteiger partial charge in [0.2, 0.25) is 0 Å². The Kier molecular flexibility index (Phi) is 5.54. The molecule has 12 heteroatoms. The summed E-state index contributed by atoms with van der Waals surface area (Å²) in [7, 11) is -6.06. The fourth-order valence-electron chi connectivity index (χ4n) is 2.80. The summed E-state index contributed by atoms with van der Waals surface area (Å²) in [6.07, 6.45) is -10.1. The van der Waals surface area contributed by atoms with Crippen molar-refractivity contribution in [1.82, 2.24) is 0 Å². The van der Waals surface area contributed by atoms with Gasteiger partial charge in [-0.1, -0.05) is 6.07 Å². The van der Waals surface area contributed by atoms with Crippen molar-refractivity contribution in [3.8, 4) is 0 Å². The van der Waals surface area contributed by atoms with Gasteiger partial charge < -0.3 is 9.29 Å². The molecule has 0 unspecified atom stereocenters. The van der Waals surface area contributed by atoms with Crippen LogP contribution in [0.25, 0.3) is 0 Å². The van der Waals surface area contributed by atoms with Gasteiger partial charge in [-0.25, -0.2) is 13.2 Å². The first-order valence-corrected chi connectivity index (χ1v) is 9.16. The molecule has 27 heavy (non-hydrogen) atoms. The molecule has 0 spiro atoms. The highest BCUT2D eigenvalue weighted by atomic mass is 32.2. The van der Waals surface area contributed by atoms with Crippen molar-refractivity contribution in [2.75, 3.05) is 5.75 Å². The van der Waals surface area contributed by atoms with Gasteiger partial charge in [0.15, 0.2) is 0 Å². The highest BCUT2D eigenvalue weighted by Crippen LogP contribution is 2.47. The number of rotatable bonds is 4. The monoisotopic (exact) mass is 419 g/mol. The maximum atomic E-state index is 13.2. The summed E-state index contributed by atoms with van der Waals surface area (Å²) in [5.41, 5.74) is -4.68. The highest BCUT2D eigenvalue weighted by Gasteiger charge is 2.75. The summed E-state index contributed by atoms with van der Waals surface area (Å²) in [4.78, 5) is 12.0. The minimum Gasteiger partial charge on any atom is -0.748 e. The summed E-state index contributed by atoms with van der Waals surface area (Å²) in [6.45, 7) is 0. The lowest BCUT2D eigenvalue weighted by molar-refractivity contribution is -0.356. The zero-order valence-corrected chi connectivity index (χ0v) is 14.3. The number of aryl methyl sites for hydroxylation is 2. The van der Waals surface area contributed by atoms with Gasteiger partial charge in [0, 0.05) is 0 Å². The molecule has 0 saturated carbocycles. The molecule has 152 valence electrons. The molecule has 0 aliphatic heterocycles. The van der Waals surface area contributed by atoms with Crippen LogP contribution >= 0.6 is 0 Å². The van der Waals surface area contributed by atoms with Crippen LogP contribution < -0.4 is 0 Å². The van der Waals surface area contributed by atoms with Crippen LogP contribution in [0.2, 0.25) is 0 Å². The van der Waals surface area contributed by atoms with E-state index in [1.54, 1.807) is 0 Å². The summed E-state index contributed by atoms with van der Waals surface area (Å²) in [6, 6.07) is 3.49. The molecule has 0 saturated heterocycles. The summed E-state index contributed by atoms with van der Waals surface area (Å²) in [5, 5.41) is 0. The quantitative estimate of drug-likeness (QED) is 0.425. The molecule has 1 aromatic carbocycles. The molecule has 0 aromatic heterocycles. The number of hydrogen-bond acceptors (Lipinski definition) is 5. The molecule has 1 aliphatic rings. The molecule has 1 aromatic rings. The molecule has 0 bridgehead atoms. The molecule has 0 atom stereocenters. The summed E-state index contributed by atoms with van der Waals surface area (Å²) >= 11 is 0. The van der Waals surface area contributed by atoms with Crippen LogP contribution in [-0.4, -0.2) is 42.6 Å². The van der Waals surface area contributed by atoms with Gasteiger partial charge in [-0.3, -0.25) is 0 Å². The minimum atomic E-state index is -6.38. The molecular formula is C15H13F6O5S-. The van der Waals surface area contributed by atoms with Crippen molar-refractivity contribution < 1.29 is 48.8 Å². The molecule has 5 nitrogen and oxygen atoms in total. The average molecular weight is 419 g/mol. The fourth-order valence-corrected chi connectivity index (χ4v) is 3.68. The van der Waals surface area contributed by atoms with Crippen LogP contribution in [0.15, 0.2) is 18.2 Å². The zero-order chi connectivity index (χ0) is 20.7. The molecule has 0 heterocycles. The van der Waals surface area contributed by atoms with E-state index in [4.69, 9.17) is 0 Å². The predicted molar refractivity (Wildman–Crippen MR) is 77.9 cm³/mol. The second-order valence-electron chi connectivity index (χ2n) is 6.10. The van der Waals surface area contributed by atoms with Gasteiger partial charge >= 0.3 is 23.9 Å². The maximum absolute atomic E-state index is 13.2. The van der Waals surface area contributed by atoms with Crippen molar-refractivity contribution in [1.29, 1.82) is 0 Å². The second-order valence-corrected chi connectivity index (χ2v) is 7.51. The number of carbonyl (C=O) groups excluding carboxylic acids is 1.